The van der Waals surface area contributed by atoms with Gasteiger partial charge in [-0.15, -0.1) is 5.06 Å². The fourth-order valence-corrected chi connectivity index (χ4v) is 3.39. The van der Waals surface area contributed by atoms with Crippen molar-refractivity contribution in [2.24, 2.45) is 11.8 Å². The van der Waals surface area contributed by atoms with E-state index in [-0.39, 0.29) is 6.09 Å². The molecule has 0 N–H and O–H groups in total. The molecule has 0 aromatic heterocycles. The average molecular weight is 312 g/mol. The molecule has 2 saturated heterocycles. The van der Waals surface area contributed by atoms with Crippen molar-refractivity contribution in [1.29, 1.82) is 0 Å². The normalized spacial score (nSPS) is 22.4. The molecular formula is C16H28N2O4. The van der Waals surface area contributed by atoms with Crippen LogP contribution in [0.25, 0.3) is 0 Å². The molecule has 0 atom stereocenters. The van der Waals surface area contributed by atoms with Gasteiger partial charge in [0.25, 0.3) is 0 Å². The van der Waals surface area contributed by atoms with E-state index in [0.29, 0.717) is 18.3 Å². The zero-order valence-electron chi connectivity index (χ0n) is 13.9. The molecule has 0 unspecified atom stereocenters. The highest BCUT2D eigenvalue weighted by Gasteiger charge is 2.32. The lowest BCUT2D eigenvalue weighted by Gasteiger charge is -2.39. The van der Waals surface area contributed by atoms with Gasteiger partial charge in [0, 0.05) is 26.2 Å². The Balaban J connectivity index is 1.73. The van der Waals surface area contributed by atoms with Crippen molar-refractivity contribution in [3.63, 3.8) is 0 Å². The van der Waals surface area contributed by atoms with Gasteiger partial charge in [-0.1, -0.05) is 0 Å². The van der Waals surface area contributed by atoms with Crippen molar-refractivity contribution in [2.45, 2.75) is 52.1 Å². The Morgan fingerprint density at radius 3 is 1.95 bits per heavy atom. The largest absolute Gasteiger partial charge is 0.444 e. The molecule has 0 aromatic rings. The van der Waals surface area contributed by atoms with Crippen molar-refractivity contribution in [2.75, 3.05) is 26.2 Å². The summed E-state index contributed by atoms with van der Waals surface area (Å²) in [7, 11) is 0. The van der Waals surface area contributed by atoms with E-state index < -0.39 is 5.60 Å². The third-order valence-electron chi connectivity index (χ3n) is 4.55. The van der Waals surface area contributed by atoms with Gasteiger partial charge in [0.05, 0.1) is 0 Å². The fourth-order valence-electron chi connectivity index (χ4n) is 3.39. The second-order valence-electron chi connectivity index (χ2n) is 7.27. The molecule has 2 fully saturated rings. The number of ether oxygens (including phenoxy) is 1. The van der Waals surface area contributed by atoms with Gasteiger partial charge in [0.2, 0.25) is 0 Å². The summed E-state index contributed by atoms with van der Waals surface area (Å²) in [5.41, 5.74) is -0.431. The quantitative estimate of drug-likeness (QED) is 0.749. The summed E-state index contributed by atoms with van der Waals surface area (Å²) in [5.74, 6) is 1.34. The predicted molar refractivity (Wildman–Crippen MR) is 82.0 cm³/mol. The molecule has 6 heteroatoms. The van der Waals surface area contributed by atoms with Crippen LogP contribution in [0.3, 0.4) is 0 Å². The minimum Gasteiger partial charge on any atom is -0.444 e. The van der Waals surface area contributed by atoms with E-state index in [1.807, 2.05) is 25.7 Å². The van der Waals surface area contributed by atoms with Gasteiger partial charge in [0.15, 0.2) is 0 Å². The van der Waals surface area contributed by atoms with Gasteiger partial charge in [-0.3, -0.25) is 4.79 Å². The molecule has 0 radical (unpaired) electrons. The second-order valence-corrected chi connectivity index (χ2v) is 7.27. The lowest BCUT2D eigenvalue weighted by molar-refractivity contribution is -0.181. The standard InChI is InChI=1S/C16H28N2O4/c1-16(2,3)22-15(20)17-8-4-13(5-9-17)14-6-10-18(11-7-14)21-12-19/h12-14H,4-11H2,1-3H3. The number of piperidine rings is 2. The number of carbonyl (C=O) groups excluding carboxylic acids is 2. The number of hydrogen-bond acceptors (Lipinski definition) is 5. The molecule has 0 aromatic carbocycles. The predicted octanol–water partition coefficient (Wildman–Crippen LogP) is 2.43. The molecule has 0 bridgehead atoms. The van der Waals surface area contributed by atoms with E-state index in [0.717, 1.165) is 51.9 Å². The maximum absolute atomic E-state index is 12.1. The van der Waals surface area contributed by atoms with Crippen LogP contribution < -0.4 is 0 Å². The van der Waals surface area contributed by atoms with Crippen molar-refractivity contribution < 1.29 is 19.2 Å². The zero-order valence-corrected chi connectivity index (χ0v) is 13.9. The monoisotopic (exact) mass is 312 g/mol. The van der Waals surface area contributed by atoms with E-state index in [2.05, 4.69) is 0 Å². The summed E-state index contributed by atoms with van der Waals surface area (Å²) in [6.45, 7) is 9.38. The Bertz CT molecular complexity index is 378. The molecule has 0 saturated carbocycles. The lowest BCUT2D eigenvalue weighted by Crippen LogP contribution is -2.44. The van der Waals surface area contributed by atoms with Crippen LogP contribution in [0.4, 0.5) is 4.79 Å². The number of rotatable bonds is 3. The van der Waals surface area contributed by atoms with Gasteiger partial charge in [0.1, 0.15) is 5.60 Å². The molecule has 2 heterocycles. The summed E-state index contributed by atoms with van der Waals surface area (Å²) in [6.07, 6.45) is 4.01. The average Bonchev–Trinajstić information content (AvgIpc) is 2.47. The first-order chi connectivity index (χ1) is 10.4. The number of amides is 1. The van der Waals surface area contributed by atoms with Crippen LogP contribution >= 0.6 is 0 Å². The van der Waals surface area contributed by atoms with Crippen LogP contribution in [0.1, 0.15) is 46.5 Å². The van der Waals surface area contributed by atoms with Crippen LogP contribution in [-0.4, -0.2) is 54.3 Å². The summed E-state index contributed by atoms with van der Waals surface area (Å²) >= 11 is 0. The van der Waals surface area contributed by atoms with Crippen molar-refractivity contribution in [3.05, 3.63) is 0 Å². The van der Waals surface area contributed by atoms with Crippen molar-refractivity contribution >= 4 is 12.6 Å². The van der Waals surface area contributed by atoms with Crippen molar-refractivity contribution in [1.82, 2.24) is 9.96 Å². The van der Waals surface area contributed by atoms with E-state index in [1.165, 1.54) is 0 Å². The maximum atomic E-state index is 12.1. The molecule has 0 spiro atoms. The van der Waals surface area contributed by atoms with E-state index in [4.69, 9.17) is 9.57 Å². The van der Waals surface area contributed by atoms with Gasteiger partial charge in [-0.25, -0.2) is 4.79 Å². The number of likely N-dealkylation sites (tertiary alicyclic amines) is 1. The topological polar surface area (TPSA) is 59.1 Å². The molecule has 22 heavy (non-hydrogen) atoms. The Labute approximate surface area is 132 Å². The maximum Gasteiger partial charge on any atom is 0.410 e. The van der Waals surface area contributed by atoms with Gasteiger partial charge in [-0.2, -0.15) is 0 Å². The number of nitrogens with zero attached hydrogens (tertiary/aromatic N) is 2. The van der Waals surface area contributed by atoms with Gasteiger partial charge >= 0.3 is 12.6 Å². The summed E-state index contributed by atoms with van der Waals surface area (Å²) in [5, 5.41) is 1.74. The highest BCUT2D eigenvalue weighted by Crippen LogP contribution is 2.32. The first kappa shape index (κ1) is 17.1. The second kappa shape index (κ2) is 7.31. The first-order valence-corrected chi connectivity index (χ1v) is 8.22. The smallest absolute Gasteiger partial charge is 0.410 e. The lowest BCUT2D eigenvalue weighted by atomic mass is 9.79. The van der Waals surface area contributed by atoms with E-state index >= 15 is 0 Å². The molecule has 1 amide bonds. The van der Waals surface area contributed by atoms with Crippen LogP contribution in [0.15, 0.2) is 0 Å². The Kier molecular flexibility index (Phi) is 5.67. The summed E-state index contributed by atoms with van der Waals surface area (Å²) in [4.78, 5) is 29.1. The molecule has 2 rings (SSSR count). The molecule has 126 valence electrons. The Morgan fingerprint density at radius 2 is 1.50 bits per heavy atom. The fraction of sp³-hybridized carbons (Fsp3) is 0.875. The number of hydroxylamine groups is 2. The number of carbonyl (C=O) groups is 2. The summed E-state index contributed by atoms with van der Waals surface area (Å²) < 4.78 is 5.43. The molecule has 6 nitrogen and oxygen atoms in total. The van der Waals surface area contributed by atoms with Crippen LogP contribution in [0.5, 0.6) is 0 Å². The third-order valence-corrected chi connectivity index (χ3v) is 4.55. The molecule has 2 aliphatic heterocycles. The van der Waals surface area contributed by atoms with Crippen LogP contribution in [0.2, 0.25) is 0 Å². The van der Waals surface area contributed by atoms with Crippen molar-refractivity contribution in [3.8, 4) is 0 Å². The highest BCUT2D eigenvalue weighted by atomic mass is 16.7. The molecule has 2 aliphatic rings. The Morgan fingerprint density at radius 1 is 1.00 bits per heavy atom. The third kappa shape index (κ3) is 4.87. The minimum atomic E-state index is -0.431. The molecule has 0 aliphatic carbocycles. The van der Waals surface area contributed by atoms with E-state index in [1.54, 1.807) is 5.06 Å². The molecular weight excluding hydrogens is 284 g/mol. The van der Waals surface area contributed by atoms with Gasteiger partial charge < -0.3 is 14.5 Å². The van der Waals surface area contributed by atoms with Crippen LogP contribution in [0, 0.1) is 11.8 Å². The Hall–Kier alpha value is -1.30. The van der Waals surface area contributed by atoms with Gasteiger partial charge in [-0.05, 0) is 58.3 Å². The highest BCUT2D eigenvalue weighted by molar-refractivity contribution is 5.68. The number of hydrogen-bond donors (Lipinski definition) is 0. The minimum absolute atomic E-state index is 0.194. The summed E-state index contributed by atoms with van der Waals surface area (Å²) in [6, 6.07) is 0. The first-order valence-electron chi connectivity index (χ1n) is 8.22. The van der Waals surface area contributed by atoms with Crippen LogP contribution in [-0.2, 0) is 14.4 Å². The zero-order chi connectivity index (χ0) is 16.2. The SMILES string of the molecule is CC(C)(C)OC(=O)N1CCC(C2CCN(OC=O)CC2)CC1. The van der Waals surface area contributed by atoms with E-state index in [9.17, 15) is 9.59 Å².